The predicted octanol–water partition coefficient (Wildman–Crippen LogP) is 3.17. The monoisotopic (exact) mass is 179 g/mol. The normalized spacial score (nSPS) is 15.9. The van der Waals surface area contributed by atoms with Crippen molar-refractivity contribution in [1.29, 1.82) is 0 Å². The molecular weight excluding hydrogens is 158 g/mol. The van der Waals surface area contributed by atoms with E-state index < -0.39 is 0 Å². The fourth-order valence-electron chi connectivity index (χ4n) is 1.68. The third kappa shape index (κ3) is 4.89. The molecule has 1 heteroatoms. The van der Waals surface area contributed by atoms with Crippen molar-refractivity contribution in [2.24, 2.45) is 5.73 Å². The highest BCUT2D eigenvalue weighted by Crippen LogP contribution is 2.16. The van der Waals surface area contributed by atoms with Gasteiger partial charge < -0.3 is 5.73 Å². The zero-order chi connectivity index (χ0) is 9.36. The van der Waals surface area contributed by atoms with Crippen LogP contribution in [0, 0.1) is 0 Å². The zero-order valence-electron chi connectivity index (χ0n) is 8.47. The highest BCUT2D eigenvalue weighted by Gasteiger charge is 1.96. The minimum Gasteiger partial charge on any atom is -0.330 e. The van der Waals surface area contributed by atoms with Crippen molar-refractivity contribution in [1.82, 2.24) is 0 Å². The highest BCUT2D eigenvalue weighted by atomic mass is 14.5. The first-order valence-corrected chi connectivity index (χ1v) is 5.49. The number of hydrogen-bond donors (Lipinski definition) is 1. The van der Waals surface area contributed by atoms with Crippen molar-refractivity contribution in [2.45, 2.75) is 44.9 Å². The molecule has 1 rings (SSSR count). The zero-order valence-corrected chi connectivity index (χ0v) is 8.47. The van der Waals surface area contributed by atoms with Crippen LogP contribution in [0.4, 0.5) is 0 Å². The van der Waals surface area contributed by atoms with Gasteiger partial charge in [0.2, 0.25) is 0 Å². The molecule has 0 atom stereocenters. The summed E-state index contributed by atoms with van der Waals surface area (Å²) in [4.78, 5) is 0. The smallest absolute Gasteiger partial charge is 0.00773 e. The first-order chi connectivity index (χ1) is 6.43. The minimum absolute atomic E-state index is 0.850. The molecule has 13 heavy (non-hydrogen) atoms. The van der Waals surface area contributed by atoms with Crippen LogP contribution in [-0.2, 0) is 0 Å². The van der Waals surface area contributed by atoms with Gasteiger partial charge in [-0.05, 0) is 38.6 Å². The van der Waals surface area contributed by atoms with Crippen LogP contribution >= 0.6 is 0 Å². The number of unbranched alkanes of at least 4 members (excludes halogenated alkanes) is 3. The largest absolute Gasteiger partial charge is 0.330 e. The van der Waals surface area contributed by atoms with Crippen molar-refractivity contribution in [2.75, 3.05) is 6.54 Å². The third-order valence-corrected chi connectivity index (χ3v) is 2.49. The molecule has 0 unspecified atom stereocenters. The number of hydrogen-bond acceptors (Lipinski definition) is 1. The fourth-order valence-corrected chi connectivity index (χ4v) is 1.68. The van der Waals surface area contributed by atoms with Crippen LogP contribution in [-0.4, -0.2) is 6.54 Å². The van der Waals surface area contributed by atoms with E-state index in [1.807, 2.05) is 0 Å². The second-order valence-electron chi connectivity index (χ2n) is 3.71. The van der Waals surface area contributed by atoms with Gasteiger partial charge in [-0.1, -0.05) is 36.6 Å². The summed E-state index contributed by atoms with van der Waals surface area (Å²) in [7, 11) is 0. The first kappa shape index (κ1) is 10.5. The molecule has 0 spiro atoms. The van der Waals surface area contributed by atoms with E-state index in [1.54, 1.807) is 5.57 Å². The molecule has 0 aromatic heterocycles. The van der Waals surface area contributed by atoms with Crippen molar-refractivity contribution in [3.05, 3.63) is 23.8 Å². The maximum Gasteiger partial charge on any atom is -0.00773 e. The fraction of sp³-hybridized carbons (Fsp3) is 0.667. The molecular formula is C12H21N. The molecule has 0 amide bonds. The van der Waals surface area contributed by atoms with Gasteiger partial charge in [0.25, 0.3) is 0 Å². The molecule has 1 nitrogen and oxygen atoms in total. The topological polar surface area (TPSA) is 26.0 Å². The van der Waals surface area contributed by atoms with Gasteiger partial charge in [-0.3, -0.25) is 0 Å². The van der Waals surface area contributed by atoms with E-state index in [0.717, 1.165) is 6.54 Å². The lowest BCUT2D eigenvalue weighted by Gasteiger charge is -2.06. The van der Waals surface area contributed by atoms with Crippen LogP contribution in [0.2, 0.25) is 0 Å². The van der Waals surface area contributed by atoms with Gasteiger partial charge in [0.05, 0.1) is 0 Å². The SMILES string of the molecule is NCCCCCCC1=CCCC=C1. The lowest BCUT2D eigenvalue weighted by molar-refractivity contribution is 0.646. The Morgan fingerprint density at radius 3 is 2.62 bits per heavy atom. The molecule has 0 saturated carbocycles. The van der Waals surface area contributed by atoms with E-state index in [-0.39, 0.29) is 0 Å². The average Bonchev–Trinajstić information content (AvgIpc) is 2.19. The Kier molecular flexibility index (Phi) is 5.59. The Morgan fingerprint density at radius 2 is 1.92 bits per heavy atom. The molecule has 74 valence electrons. The second kappa shape index (κ2) is 6.90. The van der Waals surface area contributed by atoms with Gasteiger partial charge in [0.15, 0.2) is 0 Å². The van der Waals surface area contributed by atoms with Gasteiger partial charge in [0, 0.05) is 0 Å². The van der Waals surface area contributed by atoms with E-state index >= 15 is 0 Å². The summed E-state index contributed by atoms with van der Waals surface area (Å²) >= 11 is 0. The Labute approximate surface area is 81.7 Å². The van der Waals surface area contributed by atoms with Crippen molar-refractivity contribution in [3.8, 4) is 0 Å². The lowest BCUT2D eigenvalue weighted by Crippen LogP contribution is -1.97. The maximum atomic E-state index is 5.43. The Morgan fingerprint density at radius 1 is 1.08 bits per heavy atom. The Hall–Kier alpha value is -0.560. The average molecular weight is 179 g/mol. The maximum absolute atomic E-state index is 5.43. The molecule has 0 aromatic rings. The lowest BCUT2D eigenvalue weighted by atomic mass is 10.0. The van der Waals surface area contributed by atoms with Crippen LogP contribution in [0.25, 0.3) is 0 Å². The molecule has 0 bridgehead atoms. The molecule has 0 aromatic carbocycles. The third-order valence-electron chi connectivity index (χ3n) is 2.49. The molecule has 0 aliphatic heterocycles. The summed E-state index contributed by atoms with van der Waals surface area (Å²) in [6, 6.07) is 0. The summed E-state index contributed by atoms with van der Waals surface area (Å²) < 4.78 is 0. The van der Waals surface area contributed by atoms with Gasteiger partial charge >= 0.3 is 0 Å². The summed E-state index contributed by atoms with van der Waals surface area (Å²) in [6.45, 7) is 0.850. The quantitative estimate of drug-likeness (QED) is 0.623. The van der Waals surface area contributed by atoms with Crippen LogP contribution in [0.1, 0.15) is 44.9 Å². The Bertz CT molecular complexity index is 180. The summed E-state index contributed by atoms with van der Waals surface area (Å²) in [5.41, 5.74) is 6.97. The molecule has 0 saturated heterocycles. The second-order valence-corrected chi connectivity index (χ2v) is 3.71. The van der Waals surface area contributed by atoms with Crippen molar-refractivity contribution < 1.29 is 0 Å². The van der Waals surface area contributed by atoms with E-state index in [1.165, 1.54) is 44.9 Å². The van der Waals surface area contributed by atoms with Gasteiger partial charge in [-0.15, -0.1) is 0 Å². The van der Waals surface area contributed by atoms with Gasteiger partial charge in [-0.2, -0.15) is 0 Å². The summed E-state index contributed by atoms with van der Waals surface area (Å²) in [5, 5.41) is 0. The number of nitrogens with two attached hydrogens (primary N) is 1. The van der Waals surface area contributed by atoms with Crippen LogP contribution in [0.5, 0.6) is 0 Å². The molecule has 2 N–H and O–H groups in total. The van der Waals surface area contributed by atoms with Gasteiger partial charge in [-0.25, -0.2) is 0 Å². The number of rotatable bonds is 6. The van der Waals surface area contributed by atoms with Gasteiger partial charge in [0.1, 0.15) is 0 Å². The number of allylic oxidation sites excluding steroid dienone is 4. The molecule has 1 aliphatic rings. The predicted molar refractivity (Wildman–Crippen MR) is 58.6 cm³/mol. The van der Waals surface area contributed by atoms with E-state index in [4.69, 9.17) is 5.73 Å². The van der Waals surface area contributed by atoms with E-state index in [9.17, 15) is 0 Å². The van der Waals surface area contributed by atoms with E-state index in [2.05, 4.69) is 18.2 Å². The van der Waals surface area contributed by atoms with E-state index in [0.29, 0.717) is 0 Å². The summed E-state index contributed by atoms with van der Waals surface area (Å²) in [6.07, 6.45) is 15.8. The molecule has 0 fully saturated rings. The van der Waals surface area contributed by atoms with Crippen LogP contribution in [0.15, 0.2) is 23.8 Å². The first-order valence-electron chi connectivity index (χ1n) is 5.49. The molecule has 1 aliphatic carbocycles. The van der Waals surface area contributed by atoms with Crippen LogP contribution < -0.4 is 5.73 Å². The molecule has 0 heterocycles. The summed E-state index contributed by atoms with van der Waals surface area (Å²) in [5.74, 6) is 0. The van der Waals surface area contributed by atoms with Crippen LogP contribution in [0.3, 0.4) is 0 Å². The highest BCUT2D eigenvalue weighted by molar-refractivity contribution is 5.21. The Balaban J connectivity index is 1.99. The van der Waals surface area contributed by atoms with Crippen molar-refractivity contribution in [3.63, 3.8) is 0 Å². The minimum atomic E-state index is 0.850. The molecule has 0 radical (unpaired) electrons. The standard InChI is InChI=1S/C12H21N/c13-11-7-2-1-4-8-12-9-5-3-6-10-12/h5,9-10H,1-4,6-8,11,13H2. The van der Waals surface area contributed by atoms with Crippen molar-refractivity contribution >= 4 is 0 Å².